The number of carboxylic acid groups (broad SMARTS) is 1. The van der Waals surface area contributed by atoms with Crippen molar-refractivity contribution in [3.63, 3.8) is 0 Å². The first kappa shape index (κ1) is 22.9. The van der Waals surface area contributed by atoms with Crippen LogP contribution in [-0.2, 0) is 4.79 Å². The van der Waals surface area contributed by atoms with Crippen LogP contribution in [0.25, 0.3) is 0 Å². The number of carbonyl (C=O) groups is 1. The van der Waals surface area contributed by atoms with Crippen LogP contribution >= 0.6 is 0 Å². The molecule has 1 rings (SSSR count). The average Bonchev–Trinajstić information content (AvgIpc) is 2.86. The van der Waals surface area contributed by atoms with E-state index in [0.717, 1.165) is 32.1 Å². The van der Waals surface area contributed by atoms with Crippen LogP contribution in [-0.4, -0.2) is 33.5 Å². The van der Waals surface area contributed by atoms with E-state index < -0.39 is 18.2 Å². The van der Waals surface area contributed by atoms with Gasteiger partial charge in [-0.15, -0.1) is 0 Å². The SMILES string of the molecule is CCCCCC/C=C/CC[C@@H]1[C@@H](C/C=C\CCCC(=O)O)[C@@H](O)C[C@H]1O. The number of unbranched alkanes of at least 4 members (excludes halogenated alkanes) is 5. The van der Waals surface area contributed by atoms with E-state index in [1.54, 1.807) is 0 Å². The van der Waals surface area contributed by atoms with Crippen LogP contribution in [0.15, 0.2) is 24.3 Å². The Balaban J connectivity index is 2.29. The molecule has 4 heteroatoms. The lowest BCUT2D eigenvalue weighted by Gasteiger charge is -2.21. The Labute approximate surface area is 159 Å². The predicted molar refractivity (Wildman–Crippen MR) is 106 cm³/mol. The number of allylic oxidation sites excluding steroid dienone is 4. The fraction of sp³-hybridized carbons (Fsp3) is 0.773. The van der Waals surface area contributed by atoms with Gasteiger partial charge in [0.2, 0.25) is 0 Å². The third-order valence-electron chi connectivity index (χ3n) is 5.42. The molecule has 3 N–H and O–H groups in total. The molecule has 4 atom stereocenters. The summed E-state index contributed by atoms with van der Waals surface area (Å²) in [4.78, 5) is 10.5. The number of carboxylic acids is 1. The van der Waals surface area contributed by atoms with Gasteiger partial charge < -0.3 is 15.3 Å². The summed E-state index contributed by atoms with van der Waals surface area (Å²) < 4.78 is 0. The Hall–Kier alpha value is -1.13. The number of aliphatic hydroxyl groups excluding tert-OH is 2. The van der Waals surface area contributed by atoms with E-state index in [0.29, 0.717) is 12.8 Å². The van der Waals surface area contributed by atoms with Crippen molar-refractivity contribution >= 4 is 5.97 Å². The zero-order valence-electron chi connectivity index (χ0n) is 16.4. The molecule has 0 saturated heterocycles. The maximum atomic E-state index is 10.5. The van der Waals surface area contributed by atoms with Crippen LogP contribution in [0.2, 0.25) is 0 Å². The smallest absolute Gasteiger partial charge is 0.303 e. The first-order valence-corrected chi connectivity index (χ1v) is 10.4. The largest absolute Gasteiger partial charge is 0.481 e. The van der Waals surface area contributed by atoms with Gasteiger partial charge in [-0.25, -0.2) is 0 Å². The number of hydrogen-bond donors (Lipinski definition) is 3. The lowest BCUT2D eigenvalue weighted by atomic mass is 9.87. The minimum atomic E-state index is -0.758. The predicted octanol–water partition coefficient (Wildman–Crippen LogP) is 4.85. The molecule has 0 aromatic heterocycles. The van der Waals surface area contributed by atoms with E-state index in [1.807, 2.05) is 12.2 Å². The van der Waals surface area contributed by atoms with Gasteiger partial charge in [0.25, 0.3) is 0 Å². The van der Waals surface area contributed by atoms with Crippen LogP contribution in [0.3, 0.4) is 0 Å². The molecule has 1 aliphatic rings. The molecule has 0 amide bonds. The highest BCUT2D eigenvalue weighted by molar-refractivity contribution is 5.66. The van der Waals surface area contributed by atoms with Gasteiger partial charge in [0.05, 0.1) is 12.2 Å². The fourth-order valence-electron chi connectivity index (χ4n) is 3.86. The minimum Gasteiger partial charge on any atom is -0.481 e. The molecule has 0 heterocycles. The van der Waals surface area contributed by atoms with E-state index in [9.17, 15) is 15.0 Å². The van der Waals surface area contributed by atoms with Gasteiger partial charge in [0.1, 0.15) is 0 Å². The van der Waals surface area contributed by atoms with E-state index in [-0.39, 0.29) is 18.3 Å². The van der Waals surface area contributed by atoms with Gasteiger partial charge >= 0.3 is 5.97 Å². The van der Waals surface area contributed by atoms with Crippen molar-refractivity contribution in [1.82, 2.24) is 0 Å². The zero-order chi connectivity index (χ0) is 19.2. The second kappa shape index (κ2) is 14.0. The quantitative estimate of drug-likeness (QED) is 0.303. The summed E-state index contributed by atoms with van der Waals surface area (Å²) in [6.45, 7) is 2.22. The molecule has 1 saturated carbocycles. The van der Waals surface area contributed by atoms with E-state index in [2.05, 4.69) is 19.1 Å². The number of hydrogen-bond acceptors (Lipinski definition) is 3. The monoisotopic (exact) mass is 366 g/mol. The number of aliphatic hydroxyl groups is 2. The molecule has 150 valence electrons. The summed E-state index contributed by atoms with van der Waals surface area (Å²) >= 11 is 0. The van der Waals surface area contributed by atoms with Crippen molar-refractivity contribution in [3.05, 3.63) is 24.3 Å². The van der Waals surface area contributed by atoms with Gasteiger partial charge in [0.15, 0.2) is 0 Å². The highest BCUT2D eigenvalue weighted by Crippen LogP contribution is 2.38. The second-order valence-electron chi connectivity index (χ2n) is 7.59. The minimum absolute atomic E-state index is 0.110. The maximum Gasteiger partial charge on any atom is 0.303 e. The molecule has 0 aliphatic heterocycles. The van der Waals surface area contributed by atoms with Crippen molar-refractivity contribution in [3.8, 4) is 0 Å². The number of aliphatic carboxylic acids is 1. The molecular weight excluding hydrogens is 328 g/mol. The summed E-state index contributed by atoms with van der Waals surface area (Å²) in [6.07, 6.45) is 18.7. The number of rotatable bonds is 14. The molecular formula is C22H38O4. The average molecular weight is 367 g/mol. The Morgan fingerprint density at radius 2 is 1.54 bits per heavy atom. The van der Waals surface area contributed by atoms with Gasteiger partial charge in [-0.1, -0.05) is 50.5 Å². The molecule has 0 radical (unpaired) electrons. The van der Waals surface area contributed by atoms with Crippen LogP contribution in [0.4, 0.5) is 0 Å². The lowest BCUT2D eigenvalue weighted by Crippen LogP contribution is -2.21. The highest BCUT2D eigenvalue weighted by Gasteiger charge is 2.40. The van der Waals surface area contributed by atoms with Crippen LogP contribution in [0.5, 0.6) is 0 Å². The van der Waals surface area contributed by atoms with Crippen molar-refractivity contribution in [1.29, 1.82) is 0 Å². The normalized spacial score (nSPS) is 26.3. The molecule has 0 aromatic rings. The maximum absolute atomic E-state index is 10.5. The van der Waals surface area contributed by atoms with Gasteiger partial charge in [-0.3, -0.25) is 4.79 Å². The molecule has 1 aliphatic carbocycles. The standard InChI is InChI=1S/C22H38O4/c1-2-3-4-5-6-7-8-11-14-18-19(21(24)17-20(18)23)15-12-9-10-13-16-22(25)26/h7-9,12,18-21,23-24H,2-6,10-11,13-17H2,1H3,(H,25,26)/b8-7+,12-9-/t18-,19-,20-,21+/m1/s1. The topological polar surface area (TPSA) is 77.8 Å². The summed E-state index contributed by atoms with van der Waals surface area (Å²) in [7, 11) is 0. The first-order chi connectivity index (χ1) is 12.6. The van der Waals surface area contributed by atoms with Crippen molar-refractivity contribution in [2.45, 2.75) is 96.2 Å². The van der Waals surface area contributed by atoms with Gasteiger partial charge in [0, 0.05) is 6.42 Å². The zero-order valence-corrected chi connectivity index (χ0v) is 16.4. The Kier molecular flexibility index (Phi) is 12.3. The summed E-state index contributed by atoms with van der Waals surface area (Å²) in [5, 5.41) is 29.1. The molecule has 0 unspecified atom stereocenters. The van der Waals surface area contributed by atoms with Crippen molar-refractivity contribution in [2.24, 2.45) is 11.8 Å². The molecule has 0 spiro atoms. The fourth-order valence-corrected chi connectivity index (χ4v) is 3.86. The lowest BCUT2D eigenvalue weighted by molar-refractivity contribution is -0.137. The van der Waals surface area contributed by atoms with Gasteiger partial charge in [-0.05, 0) is 63.2 Å². The van der Waals surface area contributed by atoms with Crippen LogP contribution in [0.1, 0.15) is 84.0 Å². The summed E-state index contributed by atoms with van der Waals surface area (Å²) in [6, 6.07) is 0. The van der Waals surface area contributed by atoms with E-state index in [4.69, 9.17) is 5.11 Å². The second-order valence-corrected chi connectivity index (χ2v) is 7.59. The van der Waals surface area contributed by atoms with Gasteiger partial charge in [-0.2, -0.15) is 0 Å². The molecule has 26 heavy (non-hydrogen) atoms. The van der Waals surface area contributed by atoms with E-state index >= 15 is 0 Å². The molecule has 0 bridgehead atoms. The third-order valence-corrected chi connectivity index (χ3v) is 5.42. The summed E-state index contributed by atoms with van der Waals surface area (Å²) in [5.41, 5.74) is 0. The highest BCUT2D eigenvalue weighted by atomic mass is 16.4. The Morgan fingerprint density at radius 3 is 2.27 bits per heavy atom. The first-order valence-electron chi connectivity index (χ1n) is 10.4. The van der Waals surface area contributed by atoms with Crippen LogP contribution in [0, 0.1) is 11.8 Å². The Bertz CT molecular complexity index is 430. The van der Waals surface area contributed by atoms with Crippen molar-refractivity contribution < 1.29 is 20.1 Å². The summed E-state index contributed by atoms with van der Waals surface area (Å²) in [5.74, 6) is -0.497. The molecule has 1 fully saturated rings. The Morgan fingerprint density at radius 1 is 0.885 bits per heavy atom. The third kappa shape index (κ3) is 9.54. The van der Waals surface area contributed by atoms with E-state index in [1.165, 1.54) is 25.7 Å². The van der Waals surface area contributed by atoms with Crippen molar-refractivity contribution in [2.75, 3.05) is 0 Å². The van der Waals surface area contributed by atoms with Crippen LogP contribution < -0.4 is 0 Å². The molecule has 0 aromatic carbocycles. The molecule has 4 nitrogen and oxygen atoms in total.